The highest BCUT2D eigenvalue weighted by Gasteiger charge is 2.36. The minimum absolute atomic E-state index is 0.0601. The van der Waals surface area contributed by atoms with Crippen LogP contribution < -0.4 is 10.1 Å². The molecule has 25 heavy (non-hydrogen) atoms. The number of urea groups is 1. The molecule has 0 saturated carbocycles. The Kier molecular flexibility index (Phi) is 4.65. The second-order valence-corrected chi connectivity index (χ2v) is 5.26. The van der Waals surface area contributed by atoms with Crippen LogP contribution in [0.1, 0.15) is 18.2 Å². The maximum atomic E-state index is 12.6. The Labute approximate surface area is 143 Å². The van der Waals surface area contributed by atoms with Gasteiger partial charge in [-0.3, -0.25) is 19.8 Å². The van der Waals surface area contributed by atoms with Crippen LogP contribution in [-0.2, 0) is 16.1 Å². The van der Waals surface area contributed by atoms with Gasteiger partial charge in [0.05, 0.1) is 19.4 Å². The quantitative estimate of drug-likeness (QED) is 0.667. The number of imide groups is 2. The monoisotopic (exact) mass is 340 g/mol. The molecule has 4 amide bonds. The summed E-state index contributed by atoms with van der Waals surface area (Å²) in [5, 5.41) is 2.17. The van der Waals surface area contributed by atoms with Crippen LogP contribution in [0.25, 0.3) is 6.08 Å². The summed E-state index contributed by atoms with van der Waals surface area (Å²) in [5.41, 5.74) is 0.438. The molecular weight excluding hydrogens is 324 g/mol. The third kappa shape index (κ3) is 3.45. The van der Waals surface area contributed by atoms with Crippen LogP contribution in [0.5, 0.6) is 5.75 Å². The summed E-state index contributed by atoms with van der Waals surface area (Å²) in [4.78, 5) is 37.7. The van der Waals surface area contributed by atoms with Crippen LogP contribution in [0.3, 0.4) is 0 Å². The average molecular weight is 340 g/mol. The first-order valence-corrected chi connectivity index (χ1v) is 7.73. The maximum absolute atomic E-state index is 12.6. The van der Waals surface area contributed by atoms with Crippen molar-refractivity contribution < 1.29 is 23.5 Å². The molecule has 1 saturated heterocycles. The molecule has 1 N–H and O–H groups in total. The zero-order chi connectivity index (χ0) is 17.8. The third-order valence-corrected chi connectivity index (χ3v) is 3.60. The summed E-state index contributed by atoms with van der Waals surface area (Å²) in [6.07, 6.45) is 2.87. The van der Waals surface area contributed by atoms with Gasteiger partial charge in [0.2, 0.25) is 0 Å². The fourth-order valence-corrected chi connectivity index (χ4v) is 2.44. The van der Waals surface area contributed by atoms with Crippen molar-refractivity contribution in [3.8, 4) is 5.75 Å². The molecule has 1 fully saturated rings. The molecule has 7 heteroatoms. The second kappa shape index (κ2) is 7.04. The lowest BCUT2D eigenvalue weighted by atomic mass is 10.1. The number of rotatable bonds is 5. The number of barbiturate groups is 1. The van der Waals surface area contributed by atoms with Crippen LogP contribution in [0.4, 0.5) is 4.79 Å². The van der Waals surface area contributed by atoms with Gasteiger partial charge in [-0.15, -0.1) is 0 Å². The molecule has 3 rings (SSSR count). The van der Waals surface area contributed by atoms with Gasteiger partial charge in [0.1, 0.15) is 17.1 Å². The van der Waals surface area contributed by atoms with Gasteiger partial charge in [-0.05, 0) is 31.2 Å². The highest BCUT2D eigenvalue weighted by atomic mass is 16.5. The molecule has 1 aliphatic rings. The Morgan fingerprint density at radius 1 is 1.16 bits per heavy atom. The van der Waals surface area contributed by atoms with Gasteiger partial charge in [-0.25, -0.2) is 4.79 Å². The van der Waals surface area contributed by atoms with Gasteiger partial charge < -0.3 is 9.15 Å². The van der Waals surface area contributed by atoms with E-state index in [1.165, 1.54) is 12.3 Å². The van der Waals surface area contributed by atoms with Crippen molar-refractivity contribution in [2.24, 2.45) is 0 Å². The van der Waals surface area contributed by atoms with E-state index in [-0.39, 0.29) is 12.1 Å². The van der Waals surface area contributed by atoms with Crippen LogP contribution in [-0.4, -0.2) is 29.4 Å². The Morgan fingerprint density at radius 3 is 2.68 bits per heavy atom. The lowest BCUT2D eigenvalue weighted by molar-refractivity contribution is -0.130. The van der Waals surface area contributed by atoms with Gasteiger partial charge >= 0.3 is 6.03 Å². The molecule has 0 bridgehead atoms. The number of para-hydroxylation sites is 1. The maximum Gasteiger partial charge on any atom is 0.331 e. The van der Waals surface area contributed by atoms with Gasteiger partial charge in [-0.1, -0.05) is 18.2 Å². The molecule has 7 nitrogen and oxygen atoms in total. The van der Waals surface area contributed by atoms with Gasteiger partial charge in [0.25, 0.3) is 11.8 Å². The molecule has 2 aromatic rings. The van der Waals surface area contributed by atoms with Crippen molar-refractivity contribution in [1.82, 2.24) is 10.2 Å². The summed E-state index contributed by atoms with van der Waals surface area (Å²) in [7, 11) is 0. The topological polar surface area (TPSA) is 88.8 Å². The molecule has 2 heterocycles. The molecule has 1 aromatic carbocycles. The molecule has 0 unspecified atom stereocenters. The Balaban J connectivity index is 1.93. The van der Waals surface area contributed by atoms with E-state index < -0.39 is 17.8 Å². The minimum atomic E-state index is -0.776. The lowest BCUT2D eigenvalue weighted by Crippen LogP contribution is -2.53. The predicted octanol–water partition coefficient (Wildman–Crippen LogP) is 2.34. The van der Waals surface area contributed by atoms with Crippen LogP contribution in [0.15, 0.2) is 52.7 Å². The van der Waals surface area contributed by atoms with Gasteiger partial charge in [-0.2, -0.15) is 0 Å². The number of ether oxygens (including phenoxy) is 1. The zero-order valence-corrected chi connectivity index (χ0v) is 13.5. The molecular formula is C18H16N2O5. The lowest BCUT2D eigenvalue weighted by Gasteiger charge is -2.25. The van der Waals surface area contributed by atoms with Crippen molar-refractivity contribution in [2.75, 3.05) is 6.61 Å². The predicted molar refractivity (Wildman–Crippen MR) is 88.4 cm³/mol. The number of nitrogens with one attached hydrogen (secondary N) is 1. The molecule has 0 radical (unpaired) electrons. The number of amides is 4. The number of hydrogen-bond donors (Lipinski definition) is 1. The first-order valence-electron chi connectivity index (χ1n) is 7.73. The molecule has 0 atom stereocenters. The van der Waals surface area contributed by atoms with Crippen LogP contribution in [0.2, 0.25) is 0 Å². The second-order valence-electron chi connectivity index (χ2n) is 5.26. The Hall–Kier alpha value is -3.35. The number of hydrogen-bond acceptors (Lipinski definition) is 5. The summed E-state index contributed by atoms with van der Waals surface area (Å²) < 4.78 is 10.7. The Morgan fingerprint density at radius 2 is 1.96 bits per heavy atom. The molecule has 128 valence electrons. The zero-order valence-electron chi connectivity index (χ0n) is 13.5. The van der Waals surface area contributed by atoms with E-state index >= 15 is 0 Å². The highest BCUT2D eigenvalue weighted by molar-refractivity contribution is 6.31. The number of nitrogens with zero attached hydrogens (tertiary/aromatic N) is 1. The van der Waals surface area contributed by atoms with E-state index in [1.807, 2.05) is 6.92 Å². The first kappa shape index (κ1) is 16.5. The van der Waals surface area contributed by atoms with E-state index in [9.17, 15) is 14.4 Å². The largest absolute Gasteiger partial charge is 0.493 e. The fourth-order valence-electron chi connectivity index (χ4n) is 2.44. The average Bonchev–Trinajstić information content (AvgIpc) is 3.10. The number of benzene rings is 1. The minimum Gasteiger partial charge on any atom is -0.493 e. The van der Waals surface area contributed by atoms with Gasteiger partial charge in [0.15, 0.2) is 0 Å². The number of carbonyl (C=O) groups is 3. The molecule has 1 aliphatic heterocycles. The Bertz CT molecular complexity index is 839. The van der Waals surface area contributed by atoms with Crippen molar-refractivity contribution in [1.29, 1.82) is 0 Å². The van der Waals surface area contributed by atoms with Crippen LogP contribution in [0, 0.1) is 0 Å². The van der Waals surface area contributed by atoms with Crippen molar-refractivity contribution in [2.45, 2.75) is 13.5 Å². The van der Waals surface area contributed by atoms with Crippen molar-refractivity contribution >= 4 is 23.9 Å². The van der Waals surface area contributed by atoms with Crippen molar-refractivity contribution in [3.05, 3.63) is 59.6 Å². The van der Waals surface area contributed by atoms with Crippen LogP contribution >= 0.6 is 0 Å². The SMILES string of the molecule is CCOc1ccccc1/C=C1\C(=O)NC(=O)N(Cc2ccco2)C1=O. The van der Waals surface area contributed by atoms with E-state index in [2.05, 4.69) is 5.32 Å². The number of furan rings is 1. The third-order valence-electron chi connectivity index (χ3n) is 3.60. The summed E-state index contributed by atoms with van der Waals surface area (Å²) in [5.74, 6) is -0.437. The standard InChI is InChI=1S/C18H16N2O5/c1-2-24-15-8-4-3-6-12(15)10-14-16(21)19-18(23)20(17(14)22)11-13-7-5-9-25-13/h3-10H,2,11H2,1H3,(H,19,21,23)/b14-10+. The molecule has 0 spiro atoms. The van der Waals surface area contributed by atoms with E-state index in [0.717, 1.165) is 4.90 Å². The highest BCUT2D eigenvalue weighted by Crippen LogP contribution is 2.23. The van der Waals surface area contributed by atoms with Gasteiger partial charge in [0, 0.05) is 5.56 Å². The summed E-state index contributed by atoms with van der Waals surface area (Å²) in [6.45, 7) is 2.23. The fraction of sp³-hybridized carbons (Fsp3) is 0.167. The smallest absolute Gasteiger partial charge is 0.331 e. The summed E-state index contributed by atoms with van der Waals surface area (Å²) in [6, 6.07) is 9.56. The van der Waals surface area contributed by atoms with E-state index in [0.29, 0.717) is 23.7 Å². The normalized spacial score (nSPS) is 16.3. The first-order chi connectivity index (χ1) is 12.1. The van der Waals surface area contributed by atoms with E-state index in [1.54, 1.807) is 36.4 Å². The van der Waals surface area contributed by atoms with Crippen molar-refractivity contribution in [3.63, 3.8) is 0 Å². The molecule has 1 aromatic heterocycles. The number of carbonyl (C=O) groups excluding carboxylic acids is 3. The molecule has 0 aliphatic carbocycles. The summed E-state index contributed by atoms with van der Waals surface area (Å²) >= 11 is 0. The van der Waals surface area contributed by atoms with E-state index in [4.69, 9.17) is 9.15 Å².